The number of aromatic nitrogens is 3. The Morgan fingerprint density at radius 1 is 1.11 bits per heavy atom. The fourth-order valence-corrected chi connectivity index (χ4v) is 2.60. The van der Waals surface area contributed by atoms with Gasteiger partial charge in [0.05, 0.1) is 5.69 Å². The highest BCUT2D eigenvalue weighted by Crippen LogP contribution is 2.29. The fourth-order valence-electron chi connectivity index (χ4n) is 2.15. The van der Waals surface area contributed by atoms with Crippen molar-refractivity contribution in [1.82, 2.24) is 14.5 Å². The molecule has 2 aromatic heterocycles. The zero-order valence-electron chi connectivity index (χ0n) is 10.6. The minimum absolute atomic E-state index is 0.00238. The number of nitrogens with zero attached hydrogens (tertiary/aromatic N) is 3. The molecule has 0 aliphatic heterocycles. The maximum absolute atomic E-state index is 9.57. The number of rotatable bonds is 1. The summed E-state index contributed by atoms with van der Waals surface area (Å²) in [6.07, 6.45) is 0. The zero-order valence-corrected chi connectivity index (χ0v) is 12.1. The third-order valence-electron chi connectivity index (χ3n) is 3.07. The third-order valence-corrected chi connectivity index (χ3v) is 4.10. The van der Waals surface area contributed by atoms with E-state index in [1.807, 2.05) is 36.6 Å². The molecule has 0 atom stereocenters. The van der Waals surface area contributed by atoms with Crippen LogP contribution in [-0.4, -0.2) is 19.6 Å². The number of halogens is 1. The van der Waals surface area contributed by atoms with Gasteiger partial charge in [0.15, 0.2) is 5.65 Å². The van der Waals surface area contributed by atoms with Crippen molar-refractivity contribution < 1.29 is 5.11 Å². The topological polar surface area (TPSA) is 50.9 Å². The van der Waals surface area contributed by atoms with E-state index in [-0.39, 0.29) is 5.88 Å². The Kier molecular flexibility index (Phi) is 2.78. The molecule has 1 N–H and O–H groups in total. The van der Waals surface area contributed by atoms with E-state index in [4.69, 9.17) is 0 Å². The van der Waals surface area contributed by atoms with Crippen molar-refractivity contribution in [1.29, 1.82) is 0 Å². The molecule has 0 radical (unpaired) electrons. The molecule has 0 amide bonds. The van der Waals surface area contributed by atoms with E-state index in [0.29, 0.717) is 5.65 Å². The lowest BCUT2D eigenvalue weighted by Crippen LogP contribution is -2.00. The lowest BCUT2D eigenvalue weighted by Gasteiger charge is -2.10. The molecule has 0 aliphatic rings. The summed E-state index contributed by atoms with van der Waals surface area (Å²) in [6, 6.07) is 9.34. The summed E-state index contributed by atoms with van der Waals surface area (Å²) < 4.78 is 2.94. The standard InChI is InChI=1S/C14H12BrN3O/c1-8-4-3-5-11(13(8)15)18-9(2)16-10-6-7-12(19)17-14(10)18/h3-7H,1-2H3,(H,17,19). The molecule has 0 fully saturated rings. The van der Waals surface area contributed by atoms with Crippen molar-refractivity contribution in [2.24, 2.45) is 0 Å². The quantitative estimate of drug-likeness (QED) is 0.747. The summed E-state index contributed by atoms with van der Waals surface area (Å²) in [5.74, 6) is 0.830. The van der Waals surface area contributed by atoms with Gasteiger partial charge in [-0.25, -0.2) is 4.98 Å². The van der Waals surface area contributed by atoms with Crippen LogP contribution in [0, 0.1) is 13.8 Å². The molecule has 0 aliphatic carbocycles. The normalized spacial score (nSPS) is 11.1. The van der Waals surface area contributed by atoms with Gasteiger partial charge in [-0.3, -0.25) is 4.57 Å². The summed E-state index contributed by atoms with van der Waals surface area (Å²) in [4.78, 5) is 8.65. The van der Waals surface area contributed by atoms with Gasteiger partial charge in [-0.05, 0) is 47.5 Å². The van der Waals surface area contributed by atoms with Crippen LogP contribution >= 0.6 is 15.9 Å². The summed E-state index contributed by atoms with van der Waals surface area (Å²) in [6.45, 7) is 3.96. The second-order valence-electron chi connectivity index (χ2n) is 4.41. The van der Waals surface area contributed by atoms with Crippen molar-refractivity contribution in [2.45, 2.75) is 13.8 Å². The van der Waals surface area contributed by atoms with E-state index in [1.54, 1.807) is 12.1 Å². The average molecular weight is 318 g/mol. The molecule has 0 bridgehead atoms. The Morgan fingerprint density at radius 2 is 1.89 bits per heavy atom. The van der Waals surface area contributed by atoms with E-state index >= 15 is 0 Å². The molecule has 3 aromatic rings. The number of aryl methyl sites for hydroxylation is 2. The van der Waals surface area contributed by atoms with Crippen LogP contribution in [0.5, 0.6) is 5.88 Å². The number of fused-ring (bicyclic) bond motifs is 1. The summed E-state index contributed by atoms with van der Waals surface area (Å²) in [7, 11) is 0. The Balaban J connectivity index is 2.39. The predicted molar refractivity (Wildman–Crippen MR) is 77.7 cm³/mol. The van der Waals surface area contributed by atoms with E-state index in [2.05, 4.69) is 25.9 Å². The van der Waals surface area contributed by atoms with E-state index in [9.17, 15) is 5.11 Å². The number of hydrogen-bond donors (Lipinski definition) is 1. The van der Waals surface area contributed by atoms with Gasteiger partial charge in [0, 0.05) is 10.5 Å². The molecule has 0 unspecified atom stereocenters. The number of hydrogen-bond acceptors (Lipinski definition) is 3. The molecule has 0 saturated carbocycles. The highest BCUT2D eigenvalue weighted by molar-refractivity contribution is 9.10. The summed E-state index contributed by atoms with van der Waals surface area (Å²) in [5.41, 5.74) is 3.53. The first-order valence-electron chi connectivity index (χ1n) is 5.88. The molecule has 3 rings (SSSR count). The molecule has 0 spiro atoms. The molecule has 0 saturated heterocycles. The molecule has 5 heteroatoms. The second kappa shape index (κ2) is 4.35. The maximum Gasteiger partial charge on any atom is 0.212 e. The van der Waals surface area contributed by atoms with Gasteiger partial charge in [-0.2, -0.15) is 4.98 Å². The van der Waals surface area contributed by atoms with Gasteiger partial charge in [0.2, 0.25) is 5.88 Å². The SMILES string of the molecule is Cc1cccc(-n2c(C)nc3ccc(O)nc32)c1Br. The number of imidazole rings is 1. The minimum atomic E-state index is -0.00238. The molecule has 2 heterocycles. The van der Waals surface area contributed by atoms with E-state index in [1.165, 1.54) is 0 Å². The van der Waals surface area contributed by atoms with Crippen LogP contribution in [0.25, 0.3) is 16.9 Å². The highest BCUT2D eigenvalue weighted by Gasteiger charge is 2.14. The van der Waals surface area contributed by atoms with Crippen LogP contribution < -0.4 is 0 Å². The summed E-state index contributed by atoms with van der Waals surface area (Å²) >= 11 is 3.60. The molecule has 4 nitrogen and oxygen atoms in total. The average Bonchev–Trinajstić information content (AvgIpc) is 2.69. The van der Waals surface area contributed by atoms with Gasteiger partial charge >= 0.3 is 0 Å². The second-order valence-corrected chi connectivity index (χ2v) is 5.21. The lowest BCUT2D eigenvalue weighted by molar-refractivity contribution is 0.455. The van der Waals surface area contributed by atoms with Gasteiger partial charge in [-0.15, -0.1) is 0 Å². The van der Waals surface area contributed by atoms with Crippen molar-refractivity contribution in [3.63, 3.8) is 0 Å². The molecular weight excluding hydrogens is 306 g/mol. The smallest absolute Gasteiger partial charge is 0.212 e. The third kappa shape index (κ3) is 1.90. The van der Waals surface area contributed by atoms with Gasteiger partial charge in [0.25, 0.3) is 0 Å². The Morgan fingerprint density at radius 3 is 2.68 bits per heavy atom. The Bertz CT molecular complexity index is 780. The van der Waals surface area contributed by atoms with Gasteiger partial charge < -0.3 is 5.11 Å². The van der Waals surface area contributed by atoms with Crippen molar-refractivity contribution >= 4 is 27.1 Å². The largest absolute Gasteiger partial charge is 0.493 e. The number of pyridine rings is 1. The molecule has 19 heavy (non-hydrogen) atoms. The van der Waals surface area contributed by atoms with Crippen molar-refractivity contribution in [3.05, 3.63) is 46.2 Å². The highest BCUT2D eigenvalue weighted by atomic mass is 79.9. The zero-order chi connectivity index (χ0) is 13.6. The van der Waals surface area contributed by atoms with E-state index in [0.717, 1.165) is 27.1 Å². The Hall–Kier alpha value is -1.88. The minimum Gasteiger partial charge on any atom is -0.493 e. The summed E-state index contributed by atoms with van der Waals surface area (Å²) in [5, 5.41) is 9.57. The van der Waals surface area contributed by atoms with Crippen molar-refractivity contribution in [3.8, 4) is 11.6 Å². The van der Waals surface area contributed by atoms with Crippen LogP contribution in [0.4, 0.5) is 0 Å². The first kappa shape index (κ1) is 12.2. The first-order valence-corrected chi connectivity index (χ1v) is 6.68. The molecular formula is C14H12BrN3O. The van der Waals surface area contributed by atoms with Crippen LogP contribution in [0.1, 0.15) is 11.4 Å². The van der Waals surface area contributed by atoms with Gasteiger partial charge in [-0.1, -0.05) is 12.1 Å². The van der Waals surface area contributed by atoms with Crippen LogP contribution in [-0.2, 0) is 0 Å². The van der Waals surface area contributed by atoms with E-state index < -0.39 is 0 Å². The Labute approximate surface area is 118 Å². The van der Waals surface area contributed by atoms with Crippen LogP contribution in [0.3, 0.4) is 0 Å². The maximum atomic E-state index is 9.57. The first-order chi connectivity index (χ1) is 9.08. The number of benzene rings is 1. The predicted octanol–water partition coefficient (Wildman–Crippen LogP) is 3.51. The monoisotopic (exact) mass is 317 g/mol. The number of aromatic hydroxyl groups is 1. The van der Waals surface area contributed by atoms with Crippen LogP contribution in [0.15, 0.2) is 34.8 Å². The van der Waals surface area contributed by atoms with Gasteiger partial charge in [0.1, 0.15) is 11.3 Å². The van der Waals surface area contributed by atoms with Crippen LogP contribution in [0.2, 0.25) is 0 Å². The lowest BCUT2D eigenvalue weighted by atomic mass is 10.2. The fraction of sp³-hybridized carbons (Fsp3) is 0.143. The molecule has 96 valence electrons. The molecule has 1 aromatic carbocycles. The van der Waals surface area contributed by atoms with Crippen molar-refractivity contribution in [2.75, 3.05) is 0 Å².